The molecule has 0 aliphatic carbocycles. The van der Waals surface area contributed by atoms with Gasteiger partial charge in [-0.05, 0) is 70.0 Å². The Morgan fingerprint density at radius 3 is 2.27 bits per heavy atom. The summed E-state index contributed by atoms with van der Waals surface area (Å²) in [5.74, 6) is 0.362. The second kappa shape index (κ2) is 10.4. The van der Waals surface area contributed by atoms with Gasteiger partial charge in [-0.3, -0.25) is 4.98 Å². The Balaban J connectivity index is 2.11. The van der Waals surface area contributed by atoms with Gasteiger partial charge in [-0.15, -0.1) is 10.2 Å². The number of nitriles is 1. The van der Waals surface area contributed by atoms with E-state index in [0.717, 1.165) is 22.3 Å². The van der Waals surface area contributed by atoms with Crippen molar-refractivity contribution < 1.29 is 13.5 Å². The van der Waals surface area contributed by atoms with E-state index in [2.05, 4.69) is 21.3 Å². The van der Waals surface area contributed by atoms with Crippen molar-refractivity contribution in [3.8, 4) is 11.9 Å². The summed E-state index contributed by atoms with van der Waals surface area (Å²) >= 11 is 0. The first kappa shape index (κ1) is 22.9. The largest absolute Gasteiger partial charge is 0.472 e. The maximum Gasteiger partial charge on any atom is 0.265 e. The van der Waals surface area contributed by atoms with Crippen molar-refractivity contribution in [3.05, 3.63) is 70.2 Å². The minimum Gasteiger partial charge on any atom is -0.472 e. The van der Waals surface area contributed by atoms with Gasteiger partial charge in [0.2, 0.25) is 5.88 Å². The number of alkyl halides is 2. The number of pyridine rings is 1. The summed E-state index contributed by atoms with van der Waals surface area (Å²) in [6.45, 7) is 9.64. The highest BCUT2D eigenvalue weighted by Crippen LogP contribution is 2.23. The van der Waals surface area contributed by atoms with Gasteiger partial charge in [0, 0.05) is 29.0 Å². The van der Waals surface area contributed by atoms with Crippen molar-refractivity contribution in [2.24, 2.45) is 0 Å². The fourth-order valence-electron chi connectivity index (χ4n) is 2.53. The Kier molecular flexibility index (Phi) is 7.93. The van der Waals surface area contributed by atoms with Gasteiger partial charge >= 0.3 is 0 Å². The highest BCUT2D eigenvalue weighted by atomic mass is 19.3. The third-order valence-corrected chi connectivity index (χ3v) is 4.49. The predicted molar refractivity (Wildman–Crippen MR) is 113 cm³/mol. The fraction of sp³-hybridized carbons (Fsp3) is 0.304. The standard InChI is InChI=1S/C23H24F2N4O/c1-14(2)19(10-15(3)11-26)21-8-9-22(29-28-21)30-13-16(4)17(5)20-7-6-18(12-27-20)23(24)25/h6-10,12,23H,13H2,1-5H3/b15-10+,17-16-. The highest BCUT2D eigenvalue weighted by molar-refractivity contribution is 5.75. The van der Waals surface area contributed by atoms with E-state index >= 15 is 0 Å². The Morgan fingerprint density at radius 2 is 1.77 bits per heavy atom. The molecule has 5 nitrogen and oxygen atoms in total. The zero-order valence-electron chi connectivity index (χ0n) is 17.7. The Hall–Kier alpha value is -3.40. The molecule has 0 atom stereocenters. The van der Waals surface area contributed by atoms with Gasteiger partial charge in [0.05, 0.1) is 17.5 Å². The van der Waals surface area contributed by atoms with E-state index in [1.807, 2.05) is 27.7 Å². The fourth-order valence-corrected chi connectivity index (χ4v) is 2.53. The van der Waals surface area contributed by atoms with Crippen LogP contribution in [0.1, 0.15) is 58.0 Å². The number of halogens is 2. The molecule has 0 bridgehead atoms. The molecule has 0 fully saturated rings. The lowest BCUT2D eigenvalue weighted by atomic mass is 10.0. The van der Waals surface area contributed by atoms with Crippen molar-refractivity contribution in [2.45, 2.75) is 41.0 Å². The predicted octanol–water partition coefficient (Wildman–Crippen LogP) is 5.94. The molecule has 0 saturated heterocycles. The molecule has 2 aromatic heterocycles. The monoisotopic (exact) mass is 410 g/mol. The summed E-state index contributed by atoms with van der Waals surface area (Å²) in [5, 5.41) is 17.3. The number of nitrogens with zero attached hydrogens (tertiary/aromatic N) is 4. The van der Waals surface area contributed by atoms with Crippen LogP contribution in [0, 0.1) is 11.3 Å². The average molecular weight is 410 g/mol. The summed E-state index contributed by atoms with van der Waals surface area (Å²) in [5.41, 5.74) is 5.37. The zero-order chi connectivity index (χ0) is 22.3. The molecule has 0 saturated carbocycles. The van der Waals surface area contributed by atoms with Crippen LogP contribution in [0.15, 0.2) is 53.3 Å². The number of hydrogen-bond acceptors (Lipinski definition) is 5. The van der Waals surface area contributed by atoms with Crippen LogP contribution in [0.2, 0.25) is 0 Å². The maximum absolute atomic E-state index is 12.7. The number of ether oxygens (including phenoxy) is 1. The molecule has 0 aliphatic heterocycles. The molecule has 30 heavy (non-hydrogen) atoms. The average Bonchev–Trinajstić information content (AvgIpc) is 2.75. The molecule has 0 spiro atoms. The van der Waals surface area contributed by atoms with Gasteiger partial charge in [-0.1, -0.05) is 5.57 Å². The quantitative estimate of drug-likeness (QED) is 0.417. The van der Waals surface area contributed by atoms with Gasteiger partial charge in [0.1, 0.15) is 6.61 Å². The van der Waals surface area contributed by atoms with Gasteiger partial charge < -0.3 is 4.74 Å². The van der Waals surface area contributed by atoms with Gasteiger partial charge in [0.15, 0.2) is 0 Å². The molecule has 0 aromatic carbocycles. The van der Waals surface area contributed by atoms with E-state index in [4.69, 9.17) is 10.00 Å². The second-order valence-electron chi connectivity index (χ2n) is 7.08. The SMILES string of the molecule is CC(C)=C(/C=C(\C)C#N)c1ccc(OC/C(C)=C(/C)c2ccc(C(F)F)cn2)nn1. The van der Waals surface area contributed by atoms with Crippen molar-refractivity contribution >= 4 is 11.1 Å². The second-order valence-corrected chi connectivity index (χ2v) is 7.08. The highest BCUT2D eigenvalue weighted by Gasteiger charge is 2.10. The summed E-state index contributed by atoms with van der Waals surface area (Å²) in [7, 11) is 0. The van der Waals surface area contributed by atoms with E-state index in [1.165, 1.54) is 12.3 Å². The molecular weight excluding hydrogens is 386 g/mol. The first-order valence-electron chi connectivity index (χ1n) is 9.36. The Bertz CT molecular complexity index is 1010. The third kappa shape index (κ3) is 6.05. The van der Waals surface area contributed by atoms with Crippen LogP contribution in [0.4, 0.5) is 8.78 Å². The first-order valence-corrected chi connectivity index (χ1v) is 9.36. The molecule has 7 heteroatoms. The summed E-state index contributed by atoms with van der Waals surface area (Å²) < 4.78 is 31.0. The van der Waals surface area contributed by atoms with Crippen molar-refractivity contribution in [3.63, 3.8) is 0 Å². The molecule has 0 amide bonds. The maximum atomic E-state index is 12.7. The normalized spacial score (nSPS) is 12.3. The van der Waals surface area contributed by atoms with Crippen LogP contribution in [0.5, 0.6) is 5.88 Å². The molecule has 0 unspecified atom stereocenters. The van der Waals surface area contributed by atoms with E-state index < -0.39 is 6.43 Å². The van der Waals surface area contributed by atoms with Crippen LogP contribution in [0.3, 0.4) is 0 Å². The third-order valence-electron chi connectivity index (χ3n) is 4.49. The minimum atomic E-state index is -2.53. The van der Waals surface area contributed by atoms with Gasteiger partial charge in [0.25, 0.3) is 6.43 Å². The number of rotatable bonds is 7. The van der Waals surface area contributed by atoms with Crippen molar-refractivity contribution in [1.82, 2.24) is 15.2 Å². The zero-order valence-corrected chi connectivity index (χ0v) is 17.7. The molecule has 2 heterocycles. The van der Waals surface area contributed by atoms with Crippen molar-refractivity contribution in [2.75, 3.05) is 6.61 Å². The van der Waals surface area contributed by atoms with Crippen LogP contribution < -0.4 is 4.74 Å². The topological polar surface area (TPSA) is 71.7 Å². The van der Waals surface area contributed by atoms with Crippen LogP contribution in [-0.4, -0.2) is 21.8 Å². The van der Waals surface area contributed by atoms with E-state index in [0.29, 0.717) is 22.8 Å². The van der Waals surface area contributed by atoms with E-state index in [9.17, 15) is 8.78 Å². The summed E-state index contributed by atoms with van der Waals surface area (Å²) in [6, 6.07) is 8.57. The number of hydrogen-bond donors (Lipinski definition) is 0. The molecule has 156 valence electrons. The van der Waals surface area contributed by atoms with Crippen molar-refractivity contribution in [1.29, 1.82) is 5.26 Å². The lowest BCUT2D eigenvalue weighted by Crippen LogP contribution is -2.04. The Morgan fingerprint density at radius 1 is 1.07 bits per heavy atom. The molecular formula is C23H24F2N4O. The Labute approximate surface area is 175 Å². The van der Waals surface area contributed by atoms with Gasteiger partial charge in [-0.25, -0.2) is 8.78 Å². The lowest BCUT2D eigenvalue weighted by Gasteiger charge is -2.10. The molecule has 2 aromatic rings. The van der Waals surface area contributed by atoms with Crippen LogP contribution in [0.25, 0.3) is 11.1 Å². The number of allylic oxidation sites excluding steroid dienone is 5. The van der Waals surface area contributed by atoms with Crippen LogP contribution >= 0.6 is 0 Å². The molecule has 0 aliphatic rings. The number of aromatic nitrogens is 3. The van der Waals surface area contributed by atoms with Gasteiger partial charge in [-0.2, -0.15) is 5.26 Å². The lowest BCUT2D eigenvalue weighted by molar-refractivity contribution is 0.151. The first-order chi connectivity index (χ1) is 14.2. The molecule has 0 radical (unpaired) electrons. The molecule has 0 N–H and O–H groups in total. The van der Waals surface area contributed by atoms with Crippen LogP contribution in [-0.2, 0) is 0 Å². The summed E-state index contributed by atoms with van der Waals surface area (Å²) in [4.78, 5) is 4.10. The van der Waals surface area contributed by atoms with E-state index in [1.54, 1.807) is 31.2 Å². The summed E-state index contributed by atoms with van der Waals surface area (Å²) in [6.07, 6.45) is 0.432. The smallest absolute Gasteiger partial charge is 0.265 e. The molecule has 2 rings (SSSR count). The minimum absolute atomic E-state index is 0.105. The van der Waals surface area contributed by atoms with E-state index in [-0.39, 0.29) is 12.2 Å².